The van der Waals surface area contributed by atoms with Gasteiger partial charge in [0.15, 0.2) is 0 Å². The van der Waals surface area contributed by atoms with Crippen molar-refractivity contribution in [1.29, 1.82) is 0 Å². The molecule has 0 saturated carbocycles. The Balaban J connectivity index is 3.98. The minimum absolute atomic E-state index is 0.0319. The zero-order valence-electron chi connectivity index (χ0n) is 9.57. The smallest absolute Gasteiger partial charge is 0.302 e. The van der Waals surface area contributed by atoms with Gasteiger partial charge in [-0.15, -0.1) is 0 Å². The Kier molecular flexibility index (Phi) is 6.91. The minimum Gasteiger partial charge on any atom is -0.465 e. The molecule has 0 unspecified atom stereocenters. The van der Waals surface area contributed by atoms with Gasteiger partial charge < -0.3 is 14.2 Å². The zero-order chi connectivity index (χ0) is 12.6. The molecule has 0 amide bonds. The monoisotopic (exact) mass is 231 g/mol. The van der Waals surface area contributed by atoms with E-state index in [-0.39, 0.29) is 19.8 Å². The van der Waals surface area contributed by atoms with Crippen molar-refractivity contribution in [3.63, 3.8) is 0 Å². The second-order valence-corrected chi connectivity index (χ2v) is 3.09. The van der Waals surface area contributed by atoms with Crippen molar-refractivity contribution in [3.8, 4) is 0 Å². The van der Waals surface area contributed by atoms with Crippen molar-refractivity contribution in [1.82, 2.24) is 0 Å². The summed E-state index contributed by atoms with van der Waals surface area (Å²) in [5.74, 6) is -0.866. The summed E-state index contributed by atoms with van der Waals surface area (Å²) in [5, 5.41) is 0. The highest BCUT2D eigenvalue weighted by Gasteiger charge is 2.15. The van der Waals surface area contributed by atoms with Gasteiger partial charge in [0.1, 0.15) is 19.8 Å². The van der Waals surface area contributed by atoms with Crippen molar-refractivity contribution in [2.75, 3.05) is 19.8 Å². The van der Waals surface area contributed by atoms with E-state index in [1.807, 2.05) is 0 Å². The van der Waals surface area contributed by atoms with E-state index in [0.29, 0.717) is 5.92 Å². The average molecular weight is 231 g/mol. The fourth-order valence-corrected chi connectivity index (χ4v) is 0.736. The molecule has 0 aliphatic carbocycles. The van der Waals surface area contributed by atoms with Crippen molar-refractivity contribution in [3.05, 3.63) is 5.92 Å². The SMILES string of the molecule is CC(=O)OC[C](COC(C)=O)COC(C)=O. The molecule has 0 fully saturated rings. The summed E-state index contributed by atoms with van der Waals surface area (Å²) < 4.78 is 14.1. The van der Waals surface area contributed by atoms with Gasteiger partial charge in [0, 0.05) is 20.8 Å². The molecular weight excluding hydrogens is 216 g/mol. The number of rotatable bonds is 6. The van der Waals surface area contributed by atoms with Crippen LogP contribution in [0, 0.1) is 5.92 Å². The van der Waals surface area contributed by atoms with Crippen LogP contribution in [0.15, 0.2) is 0 Å². The molecule has 0 rings (SSSR count). The molecular formula is C10H15O6. The van der Waals surface area contributed by atoms with Crippen LogP contribution in [-0.2, 0) is 28.6 Å². The third kappa shape index (κ3) is 8.98. The van der Waals surface area contributed by atoms with E-state index in [1.54, 1.807) is 0 Å². The third-order valence-electron chi connectivity index (χ3n) is 1.44. The molecule has 0 spiro atoms. The van der Waals surface area contributed by atoms with Crippen LogP contribution in [0.5, 0.6) is 0 Å². The predicted octanol–water partition coefficient (Wildman–Crippen LogP) is 0.250. The van der Waals surface area contributed by atoms with Gasteiger partial charge >= 0.3 is 17.9 Å². The van der Waals surface area contributed by atoms with Crippen molar-refractivity contribution in [2.24, 2.45) is 0 Å². The van der Waals surface area contributed by atoms with Crippen LogP contribution in [0.25, 0.3) is 0 Å². The number of carbonyl (C=O) groups excluding carboxylic acids is 3. The Morgan fingerprint density at radius 3 is 1.12 bits per heavy atom. The van der Waals surface area contributed by atoms with Crippen LogP contribution in [0.3, 0.4) is 0 Å². The van der Waals surface area contributed by atoms with E-state index in [1.165, 1.54) is 20.8 Å². The average Bonchev–Trinajstić information content (AvgIpc) is 2.15. The summed E-state index contributed by atoms with van der Waals surface area (Å²) in [6.07, 6.45) is 0. The van der Waals surface area contributed by atoms with Crippen molar-refractivity contribution >= 4 is 17.9 Å². The first kappa shape index (κ1) is 14.4. The standard InChI is InChI=1S/C10H15O6/c1-7(11)14-4-10(5-15-8(2)12)6-16-9(3)13/h4-6H2,1-3H3. The van der Waals surface area contributed by atoms with Crippen molar-refractivity contribution in [2.45, 2.75) is 20.8 Å². The van der Waals surface area contributed by atoms with Crippen LogP contribution in [0.2, 0.25) is 0 Å². The molecule has 91 valence electrons. The fourth-order valence-electron chi connectivity index (χ4n) is 0.736. The third-order valence-corrected chi connectivity index (χ3v) is 1.44. The molecule has 0 saturated heterocycles. The number of hydrogen-bond acceptors (Lipinski definition) is 6. The summed E-state index contributed by atoms with van der Waals surface area (Å²) in [6.45, 7) is 3.68. The van der Waals surface area contributed by atoms with Crippen LogP contribution in [-0.4, -0.2) is 37.7 Å². The van der Waals surface area contributed by atoms with Gasteiger partial charge in [-0.3, -0.25) is 14.4 Å². The fraction of sp³-hybridized carbons (Fsp3) is 0.600. The first-order valence-corrected chi connectivity index (χ1v) is 4.65. The highest BCUT2D eigenvalue weighted by Crippen LogP contribution is 2.04. The number of hydrogen-bond donors (Lipinski definition) is 0. The van der Waals surface area contributed by atoms with Crippen LogP contribution in [0.4, 0.5) is 0 Å². The largest absolute Gasteiger partial charge is 0.465 e. The van der Waals surface area contributed by atoms with E-state index in [2.05, 4.69) is 0 Å². The van der Waals surface area contributed by atoms with Gasteiger partial charge in [-0.1, -0.05) is 0 Å². The first-order valence-electron chi connectivity index (χ1n) is 4.65. The molecule has 16 heavy (non-hydrogen) atoms. The summed E-state index contributed by atoms with van der Waals surface area (Å²) in [4.78, 5) is 31.7. The van der Waals surface area contributed by atoms with Crippen LogP contribution >= 0.6 is 0 Å². The highest BCUT2D eigenvalue weighted by molar-refractivity contribution is 5.67. The van der Waals surface area contributed by atoms with Gasteiger partial charge in [-0.2, -0.15) is 0 Å². The van der Waals surface area contributed by atoms with Gasteiger partial charge in [-0.05, 0) is 0 Å². The molecule has 0 aromatic rings. The molecule has 0 aliphatic heterocycles. The van der Waals surface area contributed by atoms with Gasteiger partial charge in [-0.25, -0.2) is 0 Å². The Bertz CT molecular complexity index is 217. The van der Waals surface area contributed by atoms with Crippen LogP contribution < -0.4 is 0 Å². The lowest BCUT2D eigenvalue weighted by Crippen LogP contribution is -2.23. The number of carbonyl (C=O) groups is 3. The topological polar surface area (TPSA) is 78.9 Å². The summed E-state index contributed by atoms with van der Waals surface area (Å²) >= 11 is 0. The molecule has 1 radical (unpaired) electrons. The van der Waals surface area contributed by atoms with E-state index < -0.39 is 17.9 Å². The molecule has 6 heteroatoms. The lowest BCUT2D eigenvalue weighted by atomic mass is 10.2. The maximum atomic E-state index is 10.6. The minimum atomic E-state index is -0.455. The number of ether oxygens (including phenoxy) is 3. The normalized spacial score (nSPS) is 9.75. The lowest BCUT2D eigenvalue weighted by Gasteiger charge is -2.14. The van der Waals surface area contributed by atoms with E-state index in [4.69, 9.17) is 14.2 Å². The summed E-state index contributed by atoms with van der Waals surface area (Å²) in [6, 6.07) is 0. The molecule has 6 nitrogen and oxygen atoms in total. The predicted molar refractivity (Wildman–Crippen MR) is 53.1 cm³/mol. The van der Waals surface area contributed by atoms with E-state index >= 15 is 0 Å². The molecule has 0 aliphatic rings. The van der Waals surface area contributed by atoms with E-state index in [9.17, 15) is 14.4 Å². The molecule has 0 aromatic heterocycles. The second kappa shape index (κ2) is 7.67. The van der Waals surface area contributed by atoms with Gasteiger partial charge in [0.2, 0.25) is 0 Å². The number of esters is 3. The molecule has 0 heterocycles. The van der Waals surface area contributed by atoms with Crippen LogP contribution in [0.1, 0.15) is 20.8 Å². The summed E-state index contributed by atoms with van der Waals surface area (Å²) in [5.41, 5.74) is 0. The Hall–Kier alpha value is -1.59. The molecule has 0 N–H and O–H groups in total. The highest BCUT2D eigenvalue weighted by atomic mass is 16.6. The molecule has 0 atom stereocenters. The Morgan fingerprint density at radius 1 is 0.688 bits per heavy atom. The second-order valence-electron chi connectivity index (χ2n) is 3.09. The van der Waals surface area contributed by atoms with Gasteiger partial charge in [0.05, 0.1) is 5.92 Å². The van der Waals surface area contributed by atoms with Crippen molar-refractivity contribution < 1.29 is 28.6 Å². The lowest BCUT2D eigenvalue weighted by molar-refractivity contribution is -0.144. The maximum Gasteiger partial charge on any atom is 0.302 e. The Labute approximate surface area is 93.8 Å². The molecule has 0 bridgehead atoms. The van der Waals surface area contributed by atoms with Gasteiger partial charge in [0.25, 0.3) is 0 Å². The summed E-state index contributed by atoms with van der Waals surface area (Å²) in [7, 11) is 0. The zero-order valence-corrected chi connectivity index (χ0v) is 9.57. The first-order chi connectivity index (χ1) is 7.41. The van der Waals surface area contributed by atoms with E-state index in [0.717, 1.165) is 0 Å². The quantitative estimate of drug-likeness (QED) is 0.481. The molecule has 0 aromatic carbocycles. The Morgan fingerprint density at radius 2 is 0.938 bits per heavy atom. The maximum absolute atomic E-state index is 10.6.